The first-order chi connectivity index (χ1) is 8.58. The van der Waals surface area contributed by atoms with Gasteiger partial charge in [0.05, 0.1) is 6.10 Å². The van der Waals surface area contributed by atoms with E-state index in [4.69, 9.17) is 11.6 Å². The van der Waals surface area contributed by atoms with Crippen LogP contribution in [0.5, 0.6) is 0 Å². The molecule has 2 aromatic rings. The maximum absolute atomic E-state index is 10.4. The lowest BCUT2D eigenvalue weighted by Crippen LogP contribution is -2.07. The molecule has 2 nitrogen and oxygen atoms in total. The summed E-state index contributed by atoms with van der Waals surface area (Å²) in [6.07, 6.45) is 2.86. The van der Waals surface area contributed by atoms with Gasteiger partial charge in [-0.1, -0.05) is 34.5 Å². The Morgan fingerprint density at radius 1 is 1.17 bits per heavy atom. The molecule has 0 amide bonds. The third-order valence-corrected chi connectivity index (χ3v) is 3.61. The van der Waals surface area contributed by atoms with Gasteiger partial charge in [0.15, 0.2) is 0 Å². The summed E-state index contributed by atoms with van der Waals surface area (Å²) in [5, 5.41) is 11.0. The van der Waals surface area contributed by atoms with Crippen molar-refractivity contribution in [3.8, 4) is 0 Å². The summed E-state index contributed by atoms with van der Waals surface area (Å²) < 4.78 is 0.867. The van der Waals surface area contributed by atoms with Gasteiger partial charge in [0.1, 0.15) is 0 Å². The molecule has 0 spiro atoms. The highest BCUT2D eigenvalue weighted by Crippen LogP contribution is 2.33. The van der Waals surface area contributed by atoms with Gasteiger partial charge in [-0.3, -0.25) is 4.98 Å². The third kappa shape index (κ3) is 3.10. The highest BCUT2D eigenvalue weighted by atomic mass is 79.9. The van der Waals surface area contributed by atoms with Gasteiger partial charge in [0.25, 0.3) is 0 Å². The summed E-state index contributed by atoms with van der Waals surface area (Å²) in [5.74, 6) is -0.0154. The molecule has 4 heteroatoms. The van der Waals surface area contributed by atoms with Gasteiger partial charge in [-0.25, -0.2) is 0 Å². The van der Waals surface area contributed by atoms with Crippen molar-refractivity contribution in [3.63, 3.8) is 0 Å². The summed E-state index contributed by atoms with van der Waals surface area (Å²) in [6, 6.07) is 9.29. The zero-order chi connectivity index (χ0) is 13.1. The first-order valence-corrected chi connectivity index (χ1v) is 6.79. The van der Waals surface area contributed by atoms with Gasteiger partial charge < -0.3 is 5.11 Å². The second-order valence-electron chi connectivity index (χ2n) is 4.22. The molecule has 1 aromatic carbocycles. The van der Waals surface area contributed by atoms with E-state index in [1.807, 2.05) is 25.1 Å². The molecule has 2 atom stereocenters. The van der Waals surface area contributed by atoms with Crippen LogP contribution >= 0.6 is 27.5 Å². The minimum absolute atomic E-state index is 0.0154. The molecule has 0 bridgehead atoms. The predicted octanol–water partition coefficient (Wildman–Crippen LogP) is 4.33. The Morgan fingerprint density at radius 3 is 2.44 bits per heavy atom. The number of hydrogen-bond acceptors (Lipinski definition) is 2. The van der Waals surface area contributed by atoms with E-state index >= 15 is 0 Å². The topological polar surface area (TPSA) is 33.1 Å². The molecule has 0 fully saturated rings. The predicted molar refractivity (Wildman–Crippen MR) is 76.8 cm³/mol. The van der Waals surface area contributed by atoms with E-state index in [2.05, 4.69) is 20.9 Å². The Hall–Kier alpha value is -0.900. The highest BCUT2D eigenvalue weighted by Gasteiger charge is 2.18. The lowest BCUT2D eigenvalue weighted by Gasteiger charge is -2.20. The van der Waals surface area contributed by atoms with E-state index in [1.54, 1.807) is 24.5 Å². The van der Waals surface area contributed by atoms with Crippen LogP contribution in [0.25, 0.3) is 0 Å². The average molecular weight is 327 g/mol. The molecule has 18 heavy (non-hydrogen) atoms. The van der Waals surface area contributed by atoms with Crippen molar-refractivity contribution in [2.45, 2.75) is 18.9 Å². The largest absolute Gasteiger partial charge is 0.388 e. The minimum atomic E-state index is -0.595. The van der Waals surface area contributed by atoms with Crippen molar-refractivity contribution < 1.29 is 5.11 Å². The number of hydrogen-bond donors (Lipinski definition) is 1. The van der Waals surface area contributed by atoms with Crippen molar-refractivity contribution in [1.82, 2.24) is 4.98 Å². The van der Waals surface area contributed by atoms with Crippen LogP contribution in [0.1, 0.15) is 30.1 Å². The lowest BCUT2D eigenvalue weighted by molar-refractivity contribution is 0.151. The van der Waals surface area contributed by atoms with Crippen LogP contribution in [0, 0.1) is 0 Å². The Balaban J connectivity index is 2.28. The number of rotatable bonds is 3. The molecule has 0 saturated carbocycles. The molecule has 0 aliphatic carbocycles. The monoisotopic (exact) mass is 325 g/mol. The van der Waals surface area contributed by atoms with E-state index in [0.29, 0.717) is 5.02 Å². The summed E-state index contributed by atoms with van der Waals surface area (Å²) in [5.41, 5.74) is 1.85. The first-order valence-electron chi connectivity index (χ1n) is 5.62. The fourth-order valence-corrected chi connectivity index (χ4v) is 2.77. The molecule has 1 aromatic heterocycles. The molecule has 1 N–H and O–H groups in total. The molecular weight excluding hydrogens is 314 g/mol. The van der Waals surface area contributed by atoms with E-state index in [1.165, 1.54) is 0 Å². The number of benzene rings is 1. The zero-order valence-electron chi connectivity index (χ0n) is 9.85. The Morgan fingerprint density at radius 2 is 1.83 bits per heavy atom. The van der Waals surface area contributed by atoms with Gasteiger partial charge in [-0.2, -0.15) is 0 Å². The Labute approximate surface area is 120 Å². The number of nitrogens with zero attached hydrogens (tertiary/aromatic N) is 1. The third-order valence-electron chi connectivity index (χ3n) is 2.93. The van der Waals surface area contributed by atoms with Crippen LogP contribution in [0.2, 0.25) is 5.02 Å². The maximum Gasteiger partial charge on any atom is 0.0856 e. The second-order valence-corrected chi connectivity index (χ2v) is 5.57. The number of aromatic nitrogens is 1. The van der Waals surface area contributed by atoms with Gasteiger partial charge >= 0.3 is 0 Å². The van der Waals surface area contributed by atoms with Crippen LogP contribution in [-0.2, 0) is 0 Å². The molecule has 0 radical (unpaired) electrons. The van der Waals surface area contributed by atoms with Crippen molar-refractivity contribution in [2.24, 2.45) is 0 Å². The van der Waals surface area contributed by atoms with Gasteiger partial charge in [-0.15, -0.1) is 0 Å². The zero-order valence-corrected chi connectivity index (χ0v) is 12.2. The van der Waals surface area contributed by atoms with Crippen molar-refractivity contribution >= 4 is 27.5 Å². The fraction of sp³-hybridized carbons (Fsp3) is 0.214. The van der Waals surface area contributed by atoms with Gasteiger partial charge in [0, 0.05) is 27.8 Å². The van der Waals surface area contributed by atoms with Crippen LogP contribution in [0.4, 0.5) is 0 Å². The number of aliphatic hydroxyl groups excluding tert-OH is 1. The molecule has 0 aliphatic heterocycles. The summed E-state index contributed by atoms with van der Waals surface area (Å²) in [6.45, 7) is 1.98. The normalized spacial score (nSPS) is 14.2. The average Bonchev–Trinajstić information content (AvgIpc) is 2.37. The number of pyridine rings is 1. The molecule has 2 rings (SSSR count). The summed E-state index contributed by atoms with van der Waals surface area (Å²) >= 11 is 9.37. The first kappa shape index (κ1) is 13.5. The maximum atomic E-state index is 10.4. The van der Waals surface area contributed by atoms with E-state index in [0.717, 1.165) is 15.6 Å². The van der Waals surface area contributed by atoms with Crippen LogP contribution in [-0.4, -0.2) is 10.1 Å². The van der Waals surface area contributed by atoms with Crippen molar-refractivity contribution in [1.29, 1.82) is 0 Å². The molecule has 2 unspecified atom stereocenters. The fourth-order valence-electron chi connectivity index (χ4n) is 1.88. The van der Waals surface area contributed by atoms with E-state index in [-0.39, 0.29) is 5.92 Å². The number of aliphatic hydroxyl groups is 1. The Kier molecular flexibility index (Phi) is 4.38. The van der Waals surface area contributed by atoms with Gasteiger partial charge in [-0.05, 0) is 41.5 Å². The quantitative estimate of drug-likeness (QED) is 0.910. The molecule has 1 heterocycles. The standard InChI is InChI=1S/C14H13BrClNO/c1-9(10-2-4-17-5-3-10)14(18)11-6-12(15)8-13(16)7-11/h2-9,14,18H,1H3. The summed E-state index contributed by atoms with van der Waals surface area (Å²) in [7, 11) is 0. The van der Waals surface area contributed by atoms with Crippen LogP contribution in [0.15, 0.2) is 47.2 Å². The second kappa shape index (κ2) is 5.83. The molecule has 94 valence electrons. The van der Waals surface area contributed by atoms with E-state index < -0.39 is 6.10 Å². The SMILES string of the molecule is CC(c1ccncc1)C(O)c1cc(Cl)cc(Br)c1. The molecule has 0 aliphatic rings. The van der Waals surface area contributed by atoms with Crippen molar-refractivity contribution in [3.05, 3.63) is 63.3 Å². The Bertz CT molecular complexity index is 512. The van der Waals surface area contributed by atoms with E-state index in [9.17, 15) is 5.11 Å². The van der Waals surface area contributed by atoms with Crippen LogP contribution in [0.3, 0.4) is 0 Å². The smallest absolute Gasteiger partial charge is 0.0856 e. The van der Waals surface area contributed by atoms with Crippen molar-refractivity contribution in [2.75, 3.05) is 0 Å². The number of halogens is 2. The minimum Gasteiger partial charge on any atom is -0.388 e. The lowest BCUT2D eigenvalue weighted by atomic mass is 9.91. The summed E-state index contributed by atoms with van der Waals surface area (Å²) in [4.78, 5) is 3.98. The van der Waals surface area contributed by atoms with Gasteiger partial charge in [0.2, 0.25) is 0 Å². The highest BCUT2D eigenvalue weighted by molar-refractivity contribution is 9.10. The molecule has 0 saturated heterocycles. The van der Waals surface area contributed by atoms with Crippen LogP contribution < -0.4 is 0 Å². The molecular formula is C14H13BrClNO.